The van der Waals surface area contributed by atoms with Crippen molar-refractivity contribution >= 4 is 17.5 Å². The highest BCUT2D eigenvalue weighted by Gasteiger charge is 2.39. The van der Waals surface area contributed by atoms with Crippen LogP contribution in [-0.4, -0.2) is 81.7 Å². The number of rotatable bonds is 1. The third-order valence-electron chi connectivity index (χ3n) is 9.02. The molecule has 3 aliphatic heterocycles. The van der Waals surface area contributed by atoms with Gasteiger partial charge in [0.15, 0.2) is 11.3 Å². The minimum Gasteiger partial charge on any atom is -0.492 e. The maximum absolute atomic E-state index is 13.6. The van der Waals surface area contributed by atoms with E-state index in [1.54, 1.807) is 4.90 Å². The Morgan fingerprint density at radius 1 is 1.05 bits per heavy atom. The fourth-order valence-electron chi connectivity index (χ4n) is 6.57. The molecule has 0 bridgehead atoms. The molecular formula is C31H36F3N5O4. The standard InChI is InChI=1S/C31H36F3N5O4/c1-21-17-26(31(32,33)34)39-27(35-21)18-24(36-39)29(41)37-14-11-30(12-15-37)10-4-5-16-42-19-22-7-6-13-38(22)28(40)23-8-2-3-9-25(23)43-20-30/h2-3,8-9,17-18,22H,4-7,10-16,19-20H2,1H3/t22-/m0/s1. The van der Waals surface area contributed by atoms with Gasteiger partial charge in [0.1, 0.15) is 11.4 Å². The molecule has 2 saturated heterocycles. The van der Waals surface area contributed by atoms with Crippen molar-refractivity contribution in [2.24, 2.45) is 5.41 Å². The molecular weight excluding hydrogens is 563 g/mol. The molecule has 3 aliphatic rings. The summed E-state index contributed by atoms with van der Waals surface area (Å²) in [5, 5.41) is 4.01. The Balaban J connectivity index is 1.19. The van der Waals surface area contributed by atoms with Crippen molar-refractivity contribution < 1.29 is 32.2 Å². The van der Waals surface area contributed by atoms with Crippen LogP contribution in [0.2, 0.25) is 0 Å². The molecule has 43 heavy (non-hydrogen) atoms. The lowest BCUT2D eigenvalue weighted by atomic mass is 9.75. The SMILES string of the molecule is Cc1cc(C(F)(F)F)n2nc(C(=O)N3CCC4(CCCCOC[C@@H]5CCCN5C(=O)c5ccccc5OC4)CC3)cc2n1. The molecule has 2 amide bonds. The predicted octanol–water partition coefficient (Wildman–Crippen LogP) is 5.16. The molecule has 0 aliphatic carbocycles. The van der Waals surface area contributed by atoms with Gasteiger partial charge in [0, 0.05) is 43.4 Å². The molecule has 2 aromatic heterocycles. The number of halogens is 3. The fourth-order valence-corrected chi connectivity index (χ4v) is 6.57. The van der Waals surface area contributed by atoms with Crippen molar-refractivity contribution in [1.29, 1.82) is 0 Å². The lowest BCUT2D eigenvalue weighted by Gasteiger charge is -2.42. The van der Waals surface area contributed by atoms with Crippen molar-refractivity contribution in [3.63, 3.8) is 0 Å². The quantitative estimate of drug-likeness (QED) is 0.384. The van der Waals surface area contributed by atoms with E-state index in [1.807, 2.05) is 29.2 Å². The number of aromatic nitrogens is 3. The van der Waals surface area contributed by atoms with E-state index >= 15 is 0 Å². The van der Waals surface area contributed by atoms with Gasteiger partial charge in [-0.05, 0) is 63.6 Å². The van der Waals surface area contributed by atoms with Gasteiger partial charge in [0.2, 0.25) is 0 Å². The third-order valence-corrected chi connectivity index (χ3v) is 9.02. The zero-order chi connectivity index (χ0) is 30.2. The Morgan fingerprint density at radius 3 is 2.63 bits per heavy atom. The number of hydrogen-bond acceptors (Lipinski definition) is 6. The lowest BCUT2D eigenvalue weighted by molar-refractivity contribution is -0.142. The Morgan fingerprint density at radius 2 is 1.84 bits per heavy atom. The van der Waals surface area contributed by atoms with Crippen LogP contribution in [0.15, 0.2) is 36.4 Å². The highest BCUT2D eigenvalue weighted by Crippen LogP contribution is 2.39. The number of para-hydroxylation sites is 1. The zero-order valence-electron chi connectivity index (χ0n) is 24.2. The van der Waals surface area contributed by atoms with E-state index < -0.39 is 17.8 Å². The molecule has 5 heterocycles. The second kappa shape index (κ2) is 11.8. The summed E-state index contributed by atoms with van der Waals surface area (Å²) in [6.07, 6.45) is 1.26. The summed E-state index contributed by atoms with van der Waals surface area (Å²) in [7, 11) is 0. The summed E-state index contributed by atoms with van der Waals surface area (Å²) in [6, 6.07) is 9.67. The van der Waals surface area contributed by atoms with Crippen LogP contribution < -0.4 is 4.74 Å². The molecule has 0 N–H and O–H groups in total. The highest BCUT2D eigenvalue weighted by atomic mass is 19.4. The van der Waals surface area contributed by atoms with Gasteiger partial charge in [-0.15, -0.1) is 0 Å². The molecule has 1 atom stereocenters. The van der Waals surface area contributed by atoms with Crippen molar-refractivity contribution in [2.75, 3.05) is 39.5 Å². The molecule has 3 aromatic rings. The number of alkyl halides is 3. The van der Waals surface area contributed by atoms with Crippen LogP contribution in [0, 0.1) is 12.3 Å². The zero-order valence-corrected chi connectivity index (χ0v) is 24.2. The van der Waals surface area contributed by atoms with Crippen LogP contribution in [0.1, 0.15) is 77.2 Å². The lowest BCUT2D eigenvalue weighted by Crippen LogP contribution is -2.46. The molecule has 1 aromatic carbocycles. The summed E-state index contributed by atoms with van der Waals surface area (Å²) in [4.78, 5) is 34.6. The average molecular weight is 600 g/mol. The van der Waals surface area contributed by atoms with Gasteiger partial charge in [0.25, 0.3) is 11.8 Å². The normalized spacial score (nSPS) is 21.8. The number of amides is 2. The Bertz CT molecular complexity index is 1500. The van der Waals surface area contributed by atoms with Crippen LogP contribution >= 0.6 is 0 Å². The molecule has 0 radical (unpaired) electrons. The summed E-state index contributed by atoms with van der Waals surface area (Å²) in [5.41, 5.74) is -0.532. The number of nitrogens with zero attached hydrogens (tertiary/aromatic N) is 5. The molecule has 0 unspecified atom stereocenters. The first-order chi connectivity index (χ1) is 20.6. The fraction of sp³-hybridized carbons (Fsp3) is 0.548. The van der Waals surface area contributed by atoms with Crippen molar-refractivity contribution in [2.45, 2.75) is 64.1 Å². The molecule has 2 fully saturated rings. The third kappa shape index (κ3) is 6.07. The van der Waals surface area contributed by atoms with Crippen LogP contribution in [0.5, 0.6) is 5.75 Å². The van der Waals surface area contributed by atoms with E-state index in [9.17, 15) is 22.8 Å². The van der Waals surface area contributed by atoms with Crippen LogP contribution in [0.25, 0.3) is 5.65 Å². The monoisotopic (exact) mass is 599 g/mol. The highest BCUT2D eigenvalue weighted by molar-refractivity contribution is 5.97. The average Bonchev–Trinajstić information content (AvgIpc) is 3.64. The number of carbonyl (C=O) groups is 2. The van der Waals surface area contributed by atoms with Gasteiger partial charge < -0.3 is 19.3 Å². The van der Waals surface area contributed by atoms with E-state index in [2.05, 4.69) is 10.1 Å². The molecule has 0 saturated carbocycles. The first-order valence-corrected chi connectivity index (χ1v) is 15.0. The van der Waals surface area contributed by atoms with E-state index in [0.29, 0.717) is 68.1 Å². The number of fused-ring (bicyclic) bond motifs is 3. The van der Waals surface area contributed by atoms with Gasteiger partial charge in [-0.3, -0.25) is 9.59 Å². The topological polar surface area (TPSA) is 89.3 Å². The van der Waals surface area contributed by atoms with E-state index in [-0.39, 0.29) is 34.4 Å². The number of aryl methyl sites for hydroxylation is 1. The molecule has 6 rings (SSSR count). The maximum atomic E-state index is 13.6. The van der Waals surface area contributed by atoms with Crippen molar-refractivity contribution in [1.82, 2.24) is 24.4 Å². The van der Waals surface area contributed by atoms with Crippen molar-refractivity contribution in [3.8, 4) is 5.75 Å². The van der Waals surface area contributed by atoms with Crippen LogP contribution in [-0.2, 0) is 10.9 Å². The molecule has 1 spiro atoms. The van der Waals surface area contributed by atoms with Gasteiger partial charge in [-0.25, -0.2) is 9.50 Å². The van der Waals surface area contributed by atoms with Crippen molar-refractivity contribution in [3.05, 3.63) is 59.0 Å². The summed E-state index contributed by atoms with van der Waals surface area (Å²) in [5.74, 6) is 0.0958. The van der Waals surface area contributed by atoms with Gasteiger partial charge in [0.05, 0.1) is 24.8 Å². The Hall–Kier alpha value is -3.67. The van der Waals surface area contributed by atoms with E-state index in [1.165, 1.54) is 13.0 Å². The van der Waals surface area contributed by atoms with Gasteiger partial charge >= 0.3 is 6.18 Å². The van der Waals surface area contributed by atoms with Gasteiger partial charge in [-0.2, -0.15) is 18.3 Å². The first kappa shape index (κ1) is 29.4. The van der Waals surface area contributed by atoms with E-state index in [4.69, 9.17) is 9.47 Å². The number of benzene rings is 1. The van der Waals surface area contributed by atoms with Crippen LogP contribution in [0.3, 0.4) is 0 Å². The number of ether oxygens (including phenoxy) is 2. The second-order valence-corrected chi connectivity index (χ2v) is 12.0. The molecule has 12 heteroatoms. The number of likely N-dealkylation sites (tertiary alicyclic amines) is 1. The summed E-state index contributed by atoms with van der Waals surface area (Å²) < 4.78 is 54.0. The molecule has 230 valence electrons. The Labute approximate surface area is 247 Å². The minimum absolute atomic E-state index is 0.0146. The summed E-state index contributed by atoms with van der Waals surface area (Å²) in [6.45, 7) is 4.57. The van der Waals surface area contributed by atoms with E-state index in [0.717, 1.165) is 38.2 Å². The minimum atomic E-state index is -4.63. The summed E-state index contributed by atoms with van der Waals surface area (Å²) >= 11 is 0. The predicted molar refractivity (Wildman–Crippen MR) is 151 cm³/mol. The Kier molecular flexibility index (Phi) is 8.06. The maximum Gasteiger partial charge on any atom is 0.433 e. The largest absolute Gasteiger partial charge is 0.492 e. The number of carbonyl (C=O) groups excluding carboxylic acids is 2. The number of hydrogen-bond donors (Lipinski definition) is 0. The second-order valence-electron chi connectivity index (χ2n) is 12.0. The molecule has 9 nitrogen and oxygen atoms in total. The number of piperidine rings is 1. The van der Waals surface area contributed by atoms with Gasteiger partial charge in [-0.1, -0.05) is 18.6 Å². The van der Waals surface area contributed by atoms with Crippen LogP contribution in [0.4, 0.5) is 13.2 Å². The smallest absolute Gasteiger partial charge is 0.433 e. The first-order valence-electron chi connectivity index (χ1n) is 15.0.